The summed E-state index contributed by atoms with van der Waals surface area (Å²) in [6.07, 6.45) is 2.34. The number of fused-ring (bicyclic) bond motifs is 1. The van der Waals surface area contributed by atoms with Gasteiger partial charge in [0.05, 0.1) is 8.95 Å². The van der Waals surface area contributed by atoms with Crippen LogP contribution in [0.2, 0.25) is 0 Å². The molecular formula is C17H17Br2NO. The van der Waals surface area contributed by atoms with Crippen LogP contribution in [0.25, 0.3) is 0 Å². The summed E-state index contributed by atoms with van der Waals surface area (Å²) in [6, 6.07) is 13.2. The van der Waals surface area contributed by atoms with E-state index in [1.807, 2.05) is 12.1 Å². The maximum Gasteiger partial charge on any atom is 0.143 e. The second-order valence-corrected chi connectivity index (χ2v) is 7.29. The highest BCUT2D eigenvalue weighted by Gasteiger charge is 2.25. The van der Waals surface area contributed by atoms with Crippen LogP contribution in [-0.2, 0) is 13.0 Å². The van der Waals surface area contributed by atoms with E-state index in [0.717, 1.165) is 21.9 Å². The molecule has 0 amide bonds. The van der Waals surface area contributed by atoms with Gasteiger partial charge in [0, 0.05) is 12.6 Å². The number of aromatic hydroxyl groups is 1. The maximum atomic E-state index is 9.80. The van der Waals surface area contributed by atoms with Gasteiger partial charge in [-0.1, -0.05) is 24.3 Å². The van der Waals surface area contributed by atoms with Crippen molar-refractivity contribution < 1.29 is 5.11 Å². The fourth-order valence-electron chi connectivity index (χ4n) is 3.10. The van der Waals surface area contributed by atoms with E-state index in [9.17, 15) is 5.11 Å². The Morgan fingerprint density at radius 2 is 1.86 bits per heavy atom. The van der Waals surface area contributed by atoms with Crippen molar-refractivity contribution in [2.45, 2.75) is 25.4 Å². The molecule has 0 aromatic heterocycles. The average molecular weight is 411 g/mol. The summed E-state index contributed by atoms with van der Waals surface area (Å²) in [5, 5.41) is 9.80. The number of aryl methyl sites for hydroxylation is 1. The predicted molar refractivity (Wildman–Crippen MR) is 92.5 cm³/mol. The Kier molecular flexibility index (Phi) is 4.38. The molecule has 0 radical (unpaired) electrons. The number of hydrogen-bond acceptors (Lipinski definition) is 2. The van der Waals surface area contributed by atoms with Gasteiger partial charge in [0.2, 0.25) is 0 Å². The highest BCUT2D eigenvalue weighted by molar-refractivity contribution is 9.11. The van der Waals surface area contributed by atoms with E-state index in [1.165, 1.54) is 23.1 Å². The summed E-state index contributed by atoms with van der Waals surface area (Å²) in [6.45, 7) is 0.858. The third-order valence-corrected chi connectivity index (χ3v) is 5.35. The molecular weight excluding hydrogens is 394 g/mol. The van der Waals surface area contributed by atoms with Crippen molar-refractivity contribution >= 4 is 31.9 Å². The van der Waals surface area contributed by atoms with Gasteiger partial charge in [-0.3, -0.25) is 4.90 Å². The van der Waals surface area contributed by atoms with Crippen LogP contribution in [0.5, 0.6) is 5.75 Å². The molecule has 3 rings (SSSR count). The highest BCUT2D eigenvalue weighted by atomic mass is 79.9. The molecule has 1 aliphatic rings. The van der Waals surface area contributed by atoms with Crippen LogP contribution in [0.1, 0.15) is 29.2 Å². The van der Waals surface area contributed by atoms with E-state index in [-0.39, 0.29) is 5.75 Å². The molecule has 2 aromatic carbocycles. The van der Waals surface area contributed by atoms with Gasteiger partial charge in [-0.05, 0) is 80.6 Å². The largest absolute Gasteiger partial charge is 0.506 e. The zero-order chi connectivity index (χ0) is 15.0. The Labute approximate surface area is 142 Å². The van der Waals surface area contributed by atoms with E-state index in [1.54, 1.807) is 0 Å². The van der Waals surface area contributed by atoms with Crippen molar-refractivity contribution in [2.24, 2.45) is 0 Å². The molecule has 1 aliphatic carbocycles. The number of nitrogens with zero attached hydrogens (tertiary/aromatic N) is 1. The summed E-state index contributed by atoms with van der Waals surface area (Å²) in [5.74, 6) is 0.257. The van der Waals surface area contributed by atoms with Crippen molar-refractivity contribution in [3.05, 3.63) is 62.0 Å². The van der Waals surface area contributed by atoms with Crippen molar-refractivity contribution in [1.82, 2.24) is 4.90 Å². The molecule has 0 saturated heterocycles. The Hall–Kier alpha value is -0.840. The molecule has 2 nitrogen and oxygen atoms in total. The SMILES string of the molecule is CN(Cc1cc(Br)c(O)c(Br)c1)C1CCc2ccccc21. The highest BCUT2D eigenvalue weighted by Crippen LogP contribution is 2.37. The Bertz CT molecular complexity index is 649. The van der Waals surface area contributed by atoms with E-state index in [0.29, 0.717) is 6.04 Å². The zero-order valence-electron chi connectivity index (χ0n) is 11.8. The number of phenolic OH excluding ortho intramolecular Hbond substituents is 1. The monoisotopic (exact) mass is 409 g/mol. The average Bonchev–Trinajstić information content (AvgIpc) is 2.88. The van der Waals surface area contributed by atoms with Gasteiger partial charge in [-0.2, -0.15) is 0 Å². The van der Waals surface area contributed by atoms with Crippen LogP contribution in [0.15, 0.2) is 45.3 Å². The number of hydrogen-bond donors (Lipinski definition) is 1. The van der Waals surface area contributed by atoms with Gasteiger partial charge >= 0.3 is 0 Å². The summed E-state index contributed by atoms with van der Waals surface area (Å²) in [7, 11) is 2.17. The first kappa shape index (κ1) is 15.1. The molecule has 1 atom stereocenters. The van der Waals surface area contributed by atoms with Crippen molar-refractivity contribution in [3.8, 4) is 5.75 Å². The predicted octanol–water partition coefficient (Wildman–Crippen LogP) is 5.04. The van der Waals surface area contributed by atoms with Crippen molar-refractivity contribution in [1.29, 1.82) is 0 Å². The molecule has 1 unspecified atom stereocenters. The number of halogens is 2. The molecule has 21 heavy (non-hydrogen) atoms. The van der Waals surface area contributed by atoms with E-state index in [4.69, 9.17) is 0 Å². The lowest BCUT2D eigenvalue weighted by atomic mass is 10.1. The molecule has 0 spiro atoms. The van der Waals surface area contributed by atoms with Crippen LogP contribution >= 0.6 is 31.9 Å². The van der Waals surface area contributed by atoms with Crippen molar-refractivity contribution in [3.63, 3.8) is 0 Å². The minimum atomic E-state index is 0.257. The maximum absolute atomic E-state index is 9.80. The van der Waals surface area contributed by atoms with Gasteiger partial charge in [-0.25, -0.2) is 0 Å². The topological polar surface area (TPSA) is 23.5 Å². The van der Waals surface area contributed by atoms with Crippen LogP contribution in [0.4, 0.5) is 0 Å². The van der Waals surface area contributed by atoms with Crippen LogP contribution < -0.4 is 0 Å². The normalized spacial score (nSPS) is 17.2. The van der Waals surface area contributed by atoms with Gasteiger partial charge in [0.1, 0.15) is 5.75 Å². The van der Waals surface area contributed by atoms with E-state index in [2.05, 4.69) is 68.1 Å². The first-order chi connectivity index (χ1) is 10.1. The second-order valence-electron chi connectivity index (χ2n) is 5.58. The van der Waals surface area contributed by atoms with Crippen molar-refractivity contribution in [2.75, 3.05) is 7.05 Å². The summed E-state index contributed by atoms with van der Waals surface area (Å²) >= 11 is 6.80. The first-order valence-electron chi connectivity index (χ1n) is 7.01. The zero-order valence-corrected chi connectivity index (χ0v) is 15.0. The second kappa shape index (κ2) is 6.11. The minimum absolute atomic E-state index is 0.257. The Morgan fingerprint density at radius 3 is 2.57 bits per heavy atom. The van der Waals surface area contributed by atoms with Gasteiger partial charge in [-0.15, -0.1) is 0 Å². The van der Waals surface area contributed by atoms with Crippen LogP contribution in [0.3, 0.4) is 0 Å². The smallest absolute Gasteiger partial charge is 0.143 e. The number of rotatable bonds is 3. The van der Waals surface area contributed by atoms with E-state index < -0.39 is 0 Å². The van der Waals surface area contributed by atoms with Gasteiger partial charge in [0.25, 0.3) is 0 Å². The molecule has 0 aliphatic heterocycles. The Morgan fingerprint density at radius 1 is 1.19 bits per heavy atom. The summed E-state index contributed by atoms with van der Waals surface area (Å²) in [4.78, 5) is 2.39. The summed E-state index contributed by atoms with van der Waals surface area (Å²) in [5.41, 5.74) is 4.11. The van der Waals surface area contributed by atoms with Gasteiger partial charge in [0.15, 0.2) is 0 Å². The molecule has 0 bridgehead atoms. The third kappa shape index (κ3) is 3.03. The molecule has 0 fully saturated rings. The third-order valence-electron chi connectivity index (χ3n) is 4.14. The molecule has 0 saturated carbocycles. The molecule has 1 N–H and O–H groups in total. The minimum Gasteiger partial charge on any atom is -0.506 e. The lowest BCUT2D eigenvalue weighted by Gasteiger charge is -2.25. The molecule has 110 valence electrons. The lowest BCUT2D eigenvalue weighted by molar-refractivity contribution is 0.236. The fraction of sp³-hybridized carbons (Fsp3) is 0.294. The fourth-order valence-corrected chi connectivity index (χ4v) is 4.38. The first-order valence-corrected chi connectivity index (χ1v) is 8.60. The number of benzene rings is 2. The van der Waals surface area contributed by atoms with Crippen LogP contribution in [-0.4, -0.2) is 17.1 Å². The molecule has 0 heterocycles. The quantitative estimate of drug-likeness (QED) is 0.766. The van der Waals surface area contributed by atoms with Crippen LogP contribution in [0, 0.1) is 0 Å². The standard InChI is InChI=1S/C17H17Br2NO/c1-20(10-11-8-14(18)17(21)15(19)9-11)16-7-6-12-4-2-3-5-13(12)16/h2-5,8-9,16,21H,6-7,10H2,1H3. The van der Waals surface area contributed by atoms with Gasteiger partial charge < -0.3 is 5.11 Å². The Balaban J connectivity index is 1.80. The van der Waals surface area contributed by atoms with E-state index >= 15 is 0 Å². The lowest BCUT2D eigenvalue weighted by Crippen LogP contribution is -2.22. The molecule has 4 heteroatoms. The number of phenols is 1. The summed E-state index contributed by atoms with van der Waals surface area (Å²) < 4.78 is 1.46. The molecule has 2 aromatic rings.